The number of rotatable bonds is 3. The molecule has 0 bridgehead atoms. The molecule has 0 aliphatic heterocycles. The molecule has 2 nitrogen and oxygen atoms in total. The van der Waals surface area contributed by atoms with Gasteiger partial charge in [0.05, 0.1) is 12.5 Å². The molecule has 1 aromatic carbocycles. The minimum atomic E-state index is 0.501. The number of hydrogen-bond donors (Lipinski definition) is 1. The molecular weight excluding hydrogens is 184 g/mol. The molecule has 1 fully saturated rings. The Bertz CT molecular complexity index is 355. The van der Waals surface area contributed by atoms with Crippen LogP contribution in [0.5, 0.6) is 0 Å². The number of nitrogens with zero attached hydrogens (tertiary/aromatic N) is 1. The Morgan fingerprint density at radius 2 is 2.00 bits per heavy atom. The van der Waals surface area contributed by atoms with Crippen molar-refractivity contribution in [3.63, 3.8) is 0 Å². The third kappa shape index (κ3) is 2.50. The first kappa shape index (κ1) is 10.0. The maximum Gasteiger partial charge on any atom is 0.0669 e. The molecule has 78 valence electrons. The predicted octanol–water partition coefficient (Wildman–Crippen LogP) is 2.96. The van der Waals surface area contributed by atoms with Gasteiger partial charge in [-0.1, -0.05) is 19.1 Å². The standard InChI is InChI=1S/C13H16N2/c1-10-8-13(9-10)15-12-4-2-11(3-5-12)6-7-14/h2-5,10,13,15H,6,8-9H2,1H3. The highest BCUT2D eigenvalue weighted by Crippen LogP contribution is 2.29. The van der Waals surface area contributed by atoms with Crippen molar-refractivity contribution in [1.82, 2.24) is 0 Å². The third-order valence-corrected chi connectivity index (χ3v) is 2.98. The zero-order valence-corrected chi connectivity index (χ0v) is 9.03. The molecule has 0 aromatic heterocycles. The van der Waals surface area contributed by atoms with E-state index in [9.17, 15) is 0 Å². The second-order valence-corrected chi connectivity index (χ2v) is 4.45. The van der Waals surface area contributed by atoms with Gasteiger partial charge in [-0.25, -0.2) is 0 Å². The van der Waals surface area contributed by atoms with Gasteiger partial charge in [0.2, 0.25) is 0 Å². The van der Waals surface area contributed by atoms with E-state index in [2.05, 4.69) is 30.4 Å². The van der Waals surface area contributed by atoms with Crippen LogP contribution in [0, 0.1) is 17.2 Å². The molecular formula is C13H16N2. The maximum atomic E-state index is 8.55. The van der Waals surface area contributed by atoms with Gasteiger partial charge in [0.25, 0.3) is 0 Å². The van der Waals surface area contributed by atoms with E-state index in [0.29, 0.717) is 12.5 Å². The predicted molar refractivity (Wildman–Crippen MR) is 61.6 cm³/mol. The molecule has 0 amide bonds. The van der Waals surface area contributed by atoms with Gasteiger partial charge >= 0.3 is 0 Å². The first-order valence-corrected chi connectivity index (χ1v) is 5.50. The highest BCUT2D eigenvalue weighted by molar-refractivity contribution is 5.46. The topological polar surface area (TPSA) is 35.8 Å². The Labute approximate surface area is 90.9 Å². The fourth-order valence-corrected chi connectivity index (χ4v) is 2.07. The summed E-state index contributed by atoms with van der Waals surface area (Å²) in [6, 6.07) is 11.0. The van der Waals surface area contributed by atoms with Gasteiger partial charge in [0.15, 0.2) is 0 Å². The van der Waals surface area contributed by atoms with Crippen molar-refractivity contribution < 1.29 is 0 Å². The molecule has 0 spiro atoms. The van der Waals surface area contributed by atoms with Crippen LogP contribution in [0.15, 0.2) is 24.3 Å². The lowest BCUT2D eigenvalue weighted by Gasteiger charge is -2.34. The highest BCUT2D eigenvalue weighted by atomic mass is 14.9. The lowest BCUT2D eigenvalue weighted by atomic mass is 9.82. The van der Waals surface area contributed by atoms with Crippen molar-refractivity contribution in [2.24, 2.45) is 5.92 Å². The van der Waals surface area contributed by atoms with Crippen LogP contribution in [-0.4, -0.2) is 6.04 Å². The van der Waals surface area contributed by atoms with Crippen molar-refractivity contribution >= 4 is 5.69 Å². The Kier molecular flexibility index (Phi) is 2.91. The van der Waals surface area contributed by atoms with Crippen molar-refractivity contribution in [2.75, 3.05) is 5.32 Å². The van der Waals surface area contributed by atoms with Gasteiger partial charge in [-0.2, -0.15) is 5.26 Å². The average molecular weight is 200 g/mol. The van der Waals surface area contributed by atoms with Crippen LogP contribution in [0.1, 0.15) is 25.3 Å². The number of nitrogens with one attached hydrogen (secondary N) is 1. The monoisotopic (exact) mass is 200 g/mol. The molecule has 0 radical (unpaired) electrons. The zero-order chi connectivity index (χ0) is 10.7. The minimum absolute atomic E-state index is 0.501. The highest BCUT2D eigenvalue weighted by Gasteiger charge is 2.24. The minimum Gasteiger partial charge on any atom is -0.382 e. The number of nitriles is 1. The molecule has 1 N–H and O–H groups in total. The summed E-state index contributed by atoms with van der Waals surface area (Å²) in [5.74, 6) is 0.875. The quantitative estimate of drug-likeness (QED) is 0.814. The zero-order valence-electron chi connectivity index (χ0n) is 9.03. The molecule has 1 aromatic rings. The Balaban J connectivity index is 1.90. The van der Waals surface area contributed by atoms with E-state index in [1.54, 1.807) is 0 Å². The molecule has 1 aliphatic carbocycles. The second-order valence-electron chi connectivity index (χ2n) is 4.45. The summed E-state index contributed by atoms with van der Waals surface area (Å²) in [6.45, 7) is 2.29. The van der Waals surface area contributed by atoms with Gasteiger partial charge in [-0.05, 0) is 36.5 Å². The second kappa shape index (κ2) is 4.35. The normalized spacial score (nSPS) is 24.0. The summed E-state index contributed by atoms with van der Waals surface area (Å²) in [5.41, 5.74) is 2.26. The van der Waals surface area contributed by atoms with Gasteiger partial charge in [-0.15, -0.1) is 0 Å². The van der Waals surface area contributed by atoms with Gasteiger partial charge in [-0.3, -0.25) is 0 Å². The summed E-state index contributed by atoms with van der Waals surface area (Å²) in [7, 11) is 0. The fourth-order valence-electron chi connectivity index (χ4n) is 2.07. The third-order valence-electron chi connectivity index (χ3n) is 2.98. The van der Waals surface area contributed by atoms with Crippen molar-refractivity contribution in [3.8, 4) is 6.07 Å². The molecule has 0 heterocycles. The van der Waals surface area contributed by atoms with E-state index in [1.807, 2.05) is 12.1 Å². The van der Waals surface area contributed by atoms with E-state index in [-0.39, 0.29) is 0 Å². The van der Waals surface area contributed by atoms with Gasteiger partial charge in [0, 0.05) is 11.7 Å². The lowest BCUT2D eigenvalue weighted by molar-refractivity contribution is 0.309. The van der Waals surface area contributed by atoms with E-state index >= 15 is 0 Å². The van der Waals surface area contributed by atoms with Crippen LogP contribution < -0.4 is 5.32 Å². The van der Waals surface area contributed by atoms with Crippen LogP contribution >= 0.6 is 0 Å². The van der Waals surface area contributed by atoms with E-state index in [4.69, 9.17) is 5.26 Å². The van der Waals surface area contributed by atoms with E-state index < -0.39 is 0 Å². The number of benzene rings is 1. The van der Waals surface area contributed by atoms with Crippen molar-refractivity contribution in [2.45, 2.75) is 32.2 Å². The summed E-state index contributed by atoms with van der Waals surface area (Å²) >= 11 is 0. The van der Waals surface area contributed by atoms with Crippen molar-refractivity contribution in [1.29, 1.82) is 5.26 Å². The SMILES string of the molecule is CC1CC(Nc2ccc(CC#N)cc2)C1. The first-order chi connectivity index (χ1) is 7.28. The van der Waals surface area contributed by atoms with Crippen LogP contribution in [0.3, 0.4) is 0 Å². The average Bonchev–Trinajstić information content (AvgIpc) is 2.19. The summed E-state index contributed by atoms with van der Waals surface area (Å²) < 4.78 is 0. The molecule has 0 saturated heterocycles. The smallest absolute Gasteiger partial charge is 0.0669 e. The first-order valence-electron chi connectivity index (χ1n) is 5.50. The molecule has 0 atom stereocenters. The Morgan fingerprint density at radius 1 is 1.33 bits per heavy atom. The van der Waals surface area contributed by atoms with Crippen LogP contribution in [0.25, 0.3) is 0 Å². The molecule has 2 rings (SSSR count). The Morgan fingerprint density at radius 3 is 2.53 bits per heavy atom. The summed E-state index contributed by atoms with van der Waals surface area (Å²) in [4.78, 5) is 0. The maximum absolute atomic E-state index is 8.55. The number of anilines is 1. The largest absolute Gasteiger partial charge is 0.382 e. The Hall–Kier alpha value is -1.49. The van der Waals surface area contributed by atoms with Crippen LogP contribution in [0.2, 0.25) is 0 Å². The molecule has 1 saturated carbocycles. The van der Waals surface area contributed by atoms with Crippen molar-refractivity contribution in [3.05, 3.63) is 29.8 Å². The van der Waals surface area contributed by atoms with Crippen LogP contribution in [-0.2, 0) is 6.42 Å². The molecule has 15 heavy (non-hydrogen) atoms. The lowest BCUT2D eigenvalue weighted by Crippen LogP contribution is -2.33. The van der Waals surface area contributed by atoms with E-state index in [0.717, 1.165) is 11.5 Å². The van der Waals surface area contributed by atoms with E-state index in [1.165, 1.54) is 18.5 Å². The molecule has 1 aliphatic rings. The molecule has 0 unspecified atom stereocenters. The van der Waals surface area contributed by atoms with Gasteiger partial charge in [0.1, 0.15) is 0 Å². The van der Waals surface area contributed by atoms with Crippen LogP contribution in [0.4, 0.5) is 5.69 Å². The van der Waals surface area contributed by atoms with Gasteiger partial charge < -0.3 is 5.32 Å². The summed E-state index contributed by atoms with van der Waals surface area (Å²) in [6.07, 6.45) is 3.06. The fraction of sp³-hybridized carbons (Fsp3) is 0.462. The summed E-state index contributed by atoms with van der Waals surface area (Å²) in [5, 5.41) is 12.0. The molecule has 2 heteroatoms. The number of hydrogen-bond acceptors (Lipinski definition) is 2.